The highest BCUT2D eigenvalue weighted by Crippen LogP contribution is 2.34. The van der Waals surface area contributed by atoms with Crippen molar-refractivity contribution in [1.82, 2.24) is 4.98 Å². The molecule has 3 aromatic rings. The first-order valence-electron chi connectivity index (χ1n) is 8.49. The van der Waals surface area contributed by atoms with Crippen molar-refractivity contribution in [2.75, 3.05) is 13.2 Å². The van der Waals surface area contributed by atoms with E-state index in [4.69, 9.17) is 10.5 Å². The van der Waals surface area contributed by atoms with E-state index in [2.05, 4.69) is 4.98 Å². The van der Waals surface area contributed by atoms with Gasteiger partial charge in [-0.15, -0.1) is 0 Å². The van der Waals surface area contributed by atoms with E-state index in [1.165, 1.54) is 12.1 Å². The molecule has 4 N–H and O–H groups in total. The van der Waals surface area contributed by atoms with Gasteiger partial charge in [0.2, 0.25) is 0 Å². The number of carboxylic acid groups (broad SMARTS) is 1. The molecule has 0 spiro atoms. The first kappa shape index (κ1) is 17.9. The van der Waals surface area contributed by atoms with Crippen LogP contribution in [0.15, 0.2) is 48.7 Å². The largest absolute Gasteiger partial charge is 0.493 e. The van der Waals surface area contributed by atoms with Crippen LogP contribution in [0.3, 0.4) is 0 Å². The van der Waals surface area contributed by atoms with Crippen LogP contribution in [0, 0.1) is 5.82 Å². The van der Waals surface area contributed by atoms with Crippen LogP contribution in [-0.2, 0) is 4.79 Å². The van der Waals surface area contributed by atoms with Crippen molar-refractivity contribution in [3.05, 3.63) is 65.6 Å². The molecule has 1 heterocycles. The second-order valence-electron chi connectivity index (χ2n) is 6.14. The Kier molecular flexibility index (Phi) is 5.53. The Hall–Kier alpha value is -2.86. The summed E-state index contributed by atoms with van der Waals surface area (Å²) in [4.78, 5) is 14.5. The lowest BCUT2D eigenvalue weighted by Gasteiger charge is -2.15. The molecular weight excluding hydrogens is 335 g/mol. The molecule has 0 amide bonds. The third-order valence-corrected chi connectivity index (χ3v) is 4.33. The third-order valence-electron chi connectivity index (χ3n) is 4.33. The number of nitrogens with two attached hydrogens (primary N) is 1. The lowest BCUT2D eigenvalue weighted by molar-refractivity contribution is -0.137. The summed E-state index contributed by atoms with van der Waals surface area (Å²) in [7, 11) is 0. The van der Waals surface area contributed by atoms with Gasteiger partial charge in [-0.3, -0.25) is 4.79 Å². The Morgan fingerprint density at radius 2 is 2.00 bits per heavy atom. The van der Waals surface area contributed by atoms with Crippen molar-refractivity contribution in [3.63, 3.8) is 0 Å². The fraction of sp³-hybridized carbons (Fsp3) is 0.250. The Morgan fingerprint density at radius 1 is 1.23 bits per heavy atom. The van der Waals surface area contributed by atoms with E-state index in [1.54, 1.807) is 12.1 Å². The molecule has 0 fully saturated rings. The van der Waals surface area contributed by atoms with Crippen molar-refractivity contribution in [2.24, 2.45) is 5.73 Å². The zero-order chi connectivity index (χ0) is 18.5. The lowest BCUT2D eigenvalue weighted by Crippen LogP contribution is -2.08. The van der Waals surface area contributed by atoms with Crippen molar-refractivity contribution in [3.8, 4) is 5.75 Å². The number of aromatic nitrogens is 1. The number of benzene rings is 2. The van der Waals surface area contributed by atoms with Gasteiger partial charge < -0.3 is 20.6 Å². The standard InChI is InChI=1S/C20H21FN2O3/c21-14-4-2-13(3-5-14)17(11-20(24)25)18-12-23-19-10-15(6-7-16(18)19)26-9-1-8-22/h2-7,10,12,17,23H,1,8-9,11,22H2,(H,24,25). The summed E-state index contributed by atoms with van der Waals surface area (Å²) in [5, 5.41) is 10.2. The molecule has 0 aliphatic rings. The van der Waals surface area contributed by atoms with Gasteiger partial charge in [0.15, 0.2) is 0 Å². The van der Waals surface area contributed by atoms with E-state index in [0.29, 0.717) is 13.2 Å². The van der Waals surface area contributed by atoms with E-state index >= 15 is 0 Å². The number of carbonyl (C=O) groups is 1. The highest BCUT2D eigenvalue weighted by molar-refractivity contribution is 5.86. The van der Waals surface area contributed by atoms with Gasteiger partial charge in [0.05, 0.1) is 13.0 Å². The van der Waals surface area contributed by atoms with Gasteiger partial charge in [-0.25, -0.2) is 4.39 Å². The summed E-state index contributed by atoms with van der Waals surface area (Å²) >= 11 is 0. The summed E-state index contributed by atoms with van der Waals surface area (Å²) in [5.74, 6) is -0.891. The van der Waals surface area contributed by atoms with Crippen molar-refractivity contribution >= 4 is 16.9 Å². The Morgan fingerprint density at radius 3 is 2.69 bits per heavy atom. The van der Waals surface area contributed by atoms with Crippen LogP contribution in [-0.4, -0.2) is 29.2 Å². The third kappa shape index (κ3) is 4.03. The topological polar surface area (TPSA) is 88.3 Å². The Labute approximate surface area is 150 Å². The van der Waals surface area contributed by atoms with Gasteiger partial charge >= 0.3 is 5.97 Å². The summed E-state index contributed by atoms with van der Waals surface area (Å²) in [6, 6.07) is 11.6. The molecular formula is C20H21FN2O3. The van der Waals surface area contributed by atoms with Crippen LogP contribution < -0.4 is 10.5 Å². The number of aliphatic carboxylic acids is 1. The minimum atomic E-state index is -0.907. The summed E-state index contributed by atoms with van der Waals surface area (Å²) in [6.07, 6.45) is 2.51. The van der Waals surface area contributed by atoms with Gasteiger partial charge in [-0.2, -0.15) is 0 Å². The fourth-order valence-corrected chi connectivity index (χ4v) is 3.06. The van der Waals surface area contributed by atoms with Gasteiger partial charge in [0.1, 0.15) is 11.6 Å². The molecule has 0 aliphatic carbocycles. The molecule has 3 rings (SSSR count). The molecule has 0 bridgehead atoms. The molecule has 2 aromatic carbocycles. The maximum Gasteiger partial charge on any atom is 0.304 e. The number of carboxylic acids is 1. The number of rotatable bonds is 8. The SMILES string of the molecule is NCCCOc1ccc2c(C(CC(=O)O)c3ccc(F)cc3)c[nH]c2c1. The van der Waals surface area contributed by atoms with E-state index in [-0.39, 0.29) is 18.2 Å². The monoisotopic (exact) mass is 356 g/mol. The number of hydrogen-bond acceptors (Lipinski definition) is 3. The van der Waals surface area contributed by atoms with E-state index in [1.807, 2.05) is 24.4 Å². The summed E-state index contributed by atoms with van der Waals surface area (Å²) in [5.41, 5.74) is 7.96. The molecule has 5 nitrogen and oxygen atoms in total. The minimum absolute atomic E-state index is 0.0761. The van der Waals surface area contributed by atoms with E-state index < -0.39 is 5.97 Å². The molecule has 0 saturated heterocycles. The quantitative estimate of drug-likeness (QED) is 0.538. The average molecular weight is 356 g/mol. The number of ether oxygens (including phenoxy) is 1. The van der Waals surface area contributed by atoms with E-state index in [0.717, 1.165) is 34.2 Å². The predicted molar refractivity (Wildman–Crippen MR) is 98.0 cm³/mol. The molecule has 0 radical (unpaired) electrons. The lowest BCUT2D eigenvalue weighted by atomic mass is 9.88. The summed E-state index contributed by atoms with van der Waals surface area (Å²) < 4.78 is 18.9. The first-order chi connectivity index (χ1) is 12.6. The van der Waals surface area contributed by atoms with Crippen LogP contribution >= 0.6 is 0 Å². The van der Waals surface area contributed by atoms with Crippen LogP contribution in [0.4, 0.5) is 4.39 Å². The number of H-pyrrole nitrogens is 1. The highest BCUT2D eigenvalue weighted by atomic mass is 19.1. The maximum absolute atomic E-state index is 13.2. The number of nitrogens with one attached hydrogen (secondary N) is 1. The van der Waals surface area contributed by atoms with Gasteiger partial charge in [-0.1, -0.05) is 12.1 Å². The second-order valence-corrected chi connectivity index (χ2v) is 6.14. The smallest absolute Gasteiger partial charge is 0.304 e. The van der Waals surface area contributed by atoms with Crippen LogP contribution in [0.2, 0.25) is 0 Å². The Balaban J connectivity index is 1.94. The minimum Gasteiger partial charge on any atom is -0.493 e. The summed E-state index contributed by atoms with van der Waals surface area (Å²) in [6.45, 7) is 1.12. The van der Waals surface area contributed by atoms with Crippen LogP contribution in [0.5, 0.6) is 5.75 Å². The molecule has 1 unspecified atom stereocenters. The van der Waals surface area contributed by atoms with Crippen molar-refractivity contribution < 1.29 is 19.0 Å². The Bertz CT molecular complexity index is 890. The molecule has 136 valence electrons. The number of halogens is 1. The molecule has 0 saturated carbocycles. The molecule has 1 atom stereocenters. The number of aromatic amines is 1. The van der Waals surface area contributed by atoms with Crippen molar-refractivity contribution in [1.29, 1.82) is 0 Å². The van der Waals surface area contributed by atoms with Gasteiger partial charge in [0, 0.05) is 29.1 Å². The molecule has 0 aliphatic heterocycles. The van der Waals surface area contributed by atoms with Gasteiger partial charge in [0.25, 0.3) is 0 Å². The fourth-order valence-electron chi connectivity index (χ4n) is 3.06. The van der Waals surface area contributed by atoms with Crippen LogP contribution in [0.1, 0.15) is 29.9 Å². The van der Waals surface area contributed by atoms with Crippen LogP contribution in [0.25, 0.3) is 10.9 Å². The maximum atomic E-state index is 13.2. The van der Waals surface area contributed by atoms with Gasteiger partial charge in [-0.05, 0) is 48.4 Å². The normalized spacial score (nSPS) is 12.2. The van der Waals surface area contributed by atoms with E-state index in [9.17, 15) is 14.3 Å². The first-order valence-corrected chi connectivity index (χ1v) is 8.49. The highest BCUT2D eigenvalue weighted by Gasteiger charge is 2.21. The predicted octanol–water partition coefficient (Wildman–Crippen LogP) is 3.64. The zero-order valence-corrected chi connectivity index (χ0v) is 14.2. The molecule has 26 heavy (non-hydrogen) atoms. The average Bonchev–Trinajstić information content (AvgIpc) is 3.04. The number of hydrogen-bond donors (Lipinski definition) is 3. The second kappa shape index (κ2) is 8.01. The molecule has 1 aromatic heterocycles. The van der Waals surface area contributed by atoms with Crippen molar-refractivity contribution in [2.45, 2.75) is 18.8 Å². The number of fused-ring (bicyclic) bond motifs is 1. The zero-order valence-electron chi connectivity index (χ0n) is 14.2. The molecule has 6 heteroatoms.